The van der Waals surface area contributed by atoms with Gasteiger partial charge in [-0.3, -0.25) is 0 Å². The van der Waals surface area contributed by atoms with Gasteiger partial charge in [0.2, 0.25) is 0 Å². The highest BCUT2D eigenvalue weighted by atomic mass is 79.9. The molecule has 3 nitrogen and oxygen atoms in total. The van der Waals surface area contributed by atoms with Gasteiger partial charge in [0.1, 0.15) is 10.4 Å². The standard InChI is InChI=1S/C6H5BrF3N3/c1-11-4-2-3(6(8,9)10)5(7)13-12-4/h2H,1H3,(H,11,12). The molecule has 0 aliphatic carbocycles. The second-order valence-electron chi connectivity index (χ2n) is 2.18. The number of hydrogen-bond acceptors (Lipinski definition) is 3. The summed E-state index contributed by atoms with van der Waals surface area (Å²) in [4.78, 5) is 0. The highest BCUT2D eigenvalue weighted by molar-refractivity contribution is 9.10. The molecule has 0 unspecified atom stereocenters. The van der Waals surface area contributed by atoms with E-state index >= 15 is 0 Å². The van der Waals surface area contributed by atoms with Crippen LogP contribution in [0.4, 0.5) is 19.0 Å². The van der Waals surface area contributed by atoms with Crippen molar-refractivity contribution in [2.45, 2.75) is 6.18 Å². The maximum absolute atomic E-state index is 12.2. The van der Waals surface area contributed by atoms with E-state index in [1.165, 1.54) is 7.05 Å². The molecule has 1 N–H and O–H groups in total. The third-order valence-electron chi connectivity index (χ3n) is 1.31. The molecule has 1 aromatic rings. The fourth-order valence-electron chi connectivity index (χ4n) is 0.698. The van der Waals surface area contributed by atoms with Gasteiger partial charge in [-0.1, -0.05) is 0 Å². The van der Waals surface area contributed by atoms with E-state index in [0.717, 1.165) is 6.07 Å². The number of alkyl halides is 3. The SMILES string of the molecule is CNc1cc(C(F)(F)F)c(Br)nn1. The molecule has 0 aliphatic rings. The van der Waals surface area contributed by atoms with Crippen LogP contribution in [0.2, 0.25) is 0 Å². The van der Waals surface area contributed by atoms with Crippen molar-refractivity contribution in [3.05, 3.63) is 16.2 Å². The van der Waals surface area contributed by atoms with Crippen LogP contribution in [0.1, 0.15) is 5.56 Å². The van der Waals surface area contributed by atoms with Crippen molar-refractivity contribution in [3.63, 3.8) is 0 Å². The van der Waals surface area contributed by atoms with Gasteiger partial charge in [-0.25, -0.2) is 0 Å². The van der Waals surface area contributed by atoms with Gasteiger partial charge in [0.25, 0.3) is 0 Å². The van der Waals surface area contributed by atoms with Gasteiger partial charge in [0.15, 0.2) is 0 Å². The van der Waals surface area contributed by atoms with E-state index in [9.17, 15) is 13.2 Å². The van der Waals surface area contributed by atoms with Crippen LogP contribution in [0.3, 0.4) is 0 Å². The average molecular weight is 256 g/mol. The molecule has 1 aromatic heterocycles. The smallest absolute Gasteiger partial charge is 0.372 e. The Bertz CT molecular complexity index is 312. The maximum atomic E-state index is 12.2. The zero-order valence-electron chi connectivity index (χ0n) is 6.48. The Morgan fingerprint density at radius 3 is 2.46 bits per heavy atom. The second kappa shape index (κ2) is 3.49. The predicted molar refractivity (Wildman–Crippen MR) is 44.3 cm³/mol. The third kappa shape index (κ3) is 2.30. The minimum absolute atomic E-state index is 0.0792. The highest BCUT2D eigenvalue weighted by Crippen LogP contribution is 2.34. The molecule has 0 aliphatic heterocycles. The Morgan fingerprint density at radius 2 is 2.00 bits per heavy atom. The van der Waals surface area contributed by atoms with Crippen LogP contribution in [-0.4, -0.2) is 17.2 Å². The summed E-state index contributed by atoms with van der Waals surface area (Å²) in [5, 5.41) is 9.24. The molecule has 0 saturated heterocycles. The maximum Gasteiger partial charge on any atom is 0.419 e. The van der Waals surface area contributed by atoms with Crippen LogP contribution in [0.25, 0.3) is 0 Å². The van der Waals surface area contributed by atoms with Crippen LogP contribution in [0, 0.1) is 0 Å². The van der Waals surface area contributed by atoms with E-state index in [1.54, 1.807) is 0 Å². The first-order valence-electron chi connectivity index (χ1n) is 3.23. The van der Waals surface area contributed by atoms with Crippen LogP contribution < -0.4 is 5.32 Å². The fraction of sp³-hybridized carbons (Fsp3) is 0.333. The van der Waals surface area contributed by atoms with Gasteiger partial charge < -0.3 is 5.32 Å². The predicted octanol–water partition coefficient (Wildman–Crippen LogP) is 2.30. The molecule has 1 rings (SSSR count). The largest absolute Gasteiger partial charge is 0.419 e. The van der Waals surface area contributed by atoms with Gasteiger partial charge in [0.05, 0.1) is 5.56 Å². The first-order chi connectivity index (χ1) is 5.95. The van der Waals surface area contributed by atoms with Crippen LogP contribution >= 0.6 is 15.9 Å². The zero-order valence-corrected chi connectivity index (χ0v) is 8.07. The summed E-state index contributed by atoms with van der Waals surface area (Å²) in [7, 11) is 1.47. The van der Waals surface area contributed by atoms with Crippen molar-refractivity contribution < 1.29 is 13.2 Å². The Morgan fingerprint density at radius 1 is 1.38 bits per heavy atom. The lowest BCUT2D eigenvalue weighted by Crippen LogP contribution is -2.09. The third-order valence-corrected chi connectivity index (χ3v) is 1.90. The van der Waals surface area contributed by atoms with Crippen LogP contribution in [0.5, 0.6) is 0 Å². The van der Waals surface area contributed by atoms with E-state index in [-0.39, 0.29) is 10.4 Å². The van der Waals surface area contributed by atoms with Gasteiger partial charge in [-0.05, 0) is 22.0 Å². The van der Waals surface area contributed by atoms with E-state index in [1.807, 2.05) is 0 Å². The van der Waals surface area contributed by atoms with E-state index in [4.69, 9.17) is 0 Å². The molecule has 0 spiro atoms. The lowest BCUT2D eigenvalue weighted by Gasteiger charge is -2.08. The Hall–Kier alpha value is -0.850. The summed E-state index contributed by atoms with van der Waals surface area (Å²) >= 11 is 2.67. The van der Waals surface area contributed by atoms with Crippen molar-refractivity contribution in [2.75, 3.05) is 12.4 Å². The molecular weight excluding hydrogens is 251 g/mol. The van der Waals surface area contributed by atoms with Crippen LogP contribution in [-0.2, 0) is 6.18 Å². The molecule has 0 saturated carbocycles. The van der Waals surface area contributed by atoms with Gasteiger partial charge in [-0.2, -0.15) is 13.2 Å². The van der Waals surface area contributed by atoms with Gasteiger partial charge >= 0.3 is 6.18 Å². The van der Waals surface area contributed by atoms with Crippen molar-refractivity contribution in [1.82, 2.24) is 10.2 Å². The molecular formula is C6H5BrF3N3. The minimum atomic E-state index is -4.42. The van der Waals surface area contributed by atoms with Gasteiger partial charge in [-0.15, -0.1) is 10.2 Å². The summed E-state index contributed by atoms with van der Waals surface area (Å²) in [6.07, 6.45) is -4.42. The average Bonchev–Trinajstić information content (AvgIpc) is 2.03. The number of nitrogens with one attached hydrogen (secondary N) is 1. The molecule has 0 amide bonds. The minimum Gasteiger partial charge on any atom is -0.372 e. The van der Waals surface area contributed by atoms with Crippen LogP contribution in [0.15, 0.2) is 10.7 Å². The molecule has 13 heavy (non-hydrogen) atoms. The highest BCUT2D eigenvalue weighted by Gasteiger charge is 2.34. The summed E-state index contributed by atoms with van der Waals surface area (Å²) in [5.41, 5.74) is -0.841. The normalized spacial score (nSPS) is 11.5. The van der Waals surface area contributed by atoms with Crippen molar-refractivity contribution >= 4 is 21.7 Å². The summed E-state index contributed by atoms with van der Waals surface area (Å²) in [6, 6.07) is 0.886. The summed E-state index contributed by atoms with van der Waals surface area (Å²) in [5.74, 6) is 0.0792. The van der Waals surface area contributed by atoms with Crippen molar-refractivity contribution in [1.29, 1.82) is 0 Å². The molecule has 0 aromatic carbocycles. The van der Waals surface area contributed by atoms with Crippen molar-refractivity contribution in [3.8, 4) is 0 Å². The molecule has 0 radical (unpaired) electrons. The Labute approximate surface area is 80.5 Å². The molecule has 7 heteroatoms. The number of aromatic nitrogens is 2. The molecule has 1 heterocycles. The first-order valence-corrected chi connectivity index (χ1v) is 4.02. The molecule has 0 bridgehead atoms. The van der Waals surface area contributed by atoms with E-state index in [2.05, 4.69) is 31.4 Å². The topological polar surface area (TPSA) is 37.8 Å². The quantitative estimate of drug-likeness (QED) is 0.837. The fourth-order valence-corrected chi connectivity index (χ4v) is 1.12. The van der Waals surface area contributed by atoms with Gasteiger partial charge in [0, 0.05) is 7.05 Å². The molecule has 0 fully saturated rings. The molecule has 0 atom stereocenters. The number of anilines is 1. The number of nitrogens with zero attached hydrogens (tertiary/aromatic N) is 2. The molecule has 72 valence electrons. The number of hydrogen-bond donors (Lipinski definition) is 1. The first kappa shape index (κ1) is 10.2. The summed E-state index contributed by atoms with van der Waals surface area (Å²) in [6.45, 7) is 0. The van der Waals surface area contributed by atoms with Crippen molar-refractivity contribution in [2.24, 2.45) is 0 Å². The van der Waals surface area contributed by atoms with E-state index in [0.29, 0.717) is 0 Å². The number of rotatable bonds is 1. The summed E-state index contributed by atoms with van der Waals surface area (Å²) < 4.78 is 36.4. The Balaban J connectivity index is 3.19. The van der Waals surface area contributed by atoms with E-state index < -0.39 is 11.7 Å². The monoisotopic (exact) mass is 255 g/mol. The number of halogens is 4. The zero-order chi connectivity index (χ0) is 10.1. The second-order valence-corrected chi connectivity index (χ2v) is 2.93. The lowest BCUT2D eigenvalue weighted by atomic mass is 10.3. The lowest BCUT2D eigenvalue weighted by molar-refractivity contribution is -0.138. The Kier molecular flexibility index (Phi) is 2.74.